The van der Waals surface area contributed by atoms with Crippen LogP contribution in [0, 0.1) is 0 Å². The van der Waals surface area contributed by atoms with E-state index in [4.69, 9.17) is 32.9 Å². The average Bonchev–Trinajstić information content (AvgIpc) is 3.26. The van der Waals surface area contributed by atoms with Crippen LogP contribution in [0.4, 0.5) is 0 Å². The molecule has 0 unspecified atom stereocenters. The first kappa shape index (κ1) is 24.2. The number of hydrogen-bond donors (Lipinski definition) is 0. The van der Waals surface area contributed by atoms with Crippen LogP contribution in [0.15, 0.2) is 109 Å². The number of carbonyl (C=O) groups excluding carboxylic acids is 1. The van der Waals surface area contributed by atoms with Crippen LogP contribution in [0.5, 0.6) is 0 Å². The molecule has 0 fully saturated rings. The van der Waals surface area contributed by atoms with E-state index in [-0.39, 0.29) is 12.3 Å². The fourth-order valence-electron chi connectivity index (χ4n) is 4.77. The van der Waals surface area contributed by atoms with Crippen LogP contribution < -0.4 is 0 Å². The van der Waals surface area contributed by atoms with Gasteiger partial charge >= 0.3 is 5.97 Å². The maximum absolute atomic E-state index is 13.3. The second kappa shape index (κ2) is 10.3. The Morgan fingerprint density at radius 2 is 1.47 bits per heavy atom. The van der Waals surface area contributed by atoms with E-state index in [1.54, 1.807) is 12.1 Å². The van der Waals surface area contributed by atoms with E-state index in [0.29, 0.717) is 22.3 Å². The number of rotatable bonds is 6. The van der Waals surface area contributed by atoms with Gasteiger partial charge in [0.2, 0.25) is 0 Å². The van der Waals surface area contributed by atoms with Crippen LogP contribution in [0.1, 0.15) is 21.6 Å². The average molecular weight is 537 g/mol. The Morgan fingerprint density at radius 1 is 0.737 bits per heavy atom. The van der Waals surface area contributed by atoms with Gasteiger partial charge in [0.25, 0.3) is 0 Å². The van der Waals surface area contributed by atoms with Crippen molar-refractivity contribution in [3.63, 3.8) is 0 Å². The molecular formula is C32H22Cl2N2O2. The Bertz CT molecular complexity index is 1780. The van der Waals surface area contributed by atoms with Gasteiger partial charge in [0, 0.05) is 38.4 Å². The molecule has 0 saturated heterocycles. The highest BCUT2D eigenvalue weighted by atomic mass is 35.5. The number of nitrogens with zero attached hydrogens (tertiary/aromatic N) is 2. The zero-order valence-corrected chi connectivity index (χ0v) is 21.8. The van der Waals surface area contributed by atoms with Crippen molar-refractivity contribution in [3.05, 3.63) is 136 Å². The third-order valence-corrected chi connectivity index (χ3v) is 7.00. The van der Waals surface area contributed by atoms with Crippen LogP contribution >= 0.6 is 23.2 Å². The SMILES string of the molecule is O=C(OCc1cccc(Cl)c1)c1cc2c3ccccc3n(Cc3ccccc3)c2c(-c2ccc(Cl)cc2)n1. The quantitative estimate of drug-likeness (QED) is 0.200. The van der Waals surface area contributed by atoms with Crippen molar-refractivity contribution in [3.8, 4) is 11.3 Å². The second-order valence-corrected chi connectivity index (χ2v) is 9.93. The fraction of sp³-hybridized carbons (Fsp3) is 0.0625. The minimum Gasteiger partial charge on any atom is -0.456 e. The molecule has 0 aliphatic heterocycles. The van der Waals surface area contributed by atoms with Gasteiger partial charge in [0.15, 0.2) is 0 Å². The summed E-state index contributed by atoms with van der Waals surface area (Å²) in [5.74, 6) is -0.498. The summed E-state index contributed by atoms with van der Waals surface area (Å²) in [7, 11) is 0. The van der Waals surface area contributed by atoms with E-state index in [0.717, 1.165) is 32.9 Å². The molecule has 6 rings (SSSR count). The number of halogens is 2. The van der Waals surface area contributed by atoms with Gasteiger partial charge in [-0.3, -0.25) is 0 Å². The predicted molar refractivity (Wildman–Crippen MR) is 154 cm³/mol. The summed E-state index contributed by atoms with van der Waals surface area (Å²) in [6, 6.07) is 35.1. The Morgan fingerprint density at radius 3 is 2.26 bits per heavy atom. The number of hydrogen-bond acceptors (Lipinski definition) is 3. The van der Waals surface area contributed by atoms with Crippen molar-refractivity contribution in [1.29, 1.82) is 0 Å². The highest BCUT2D eigenvalue weighted by molar-refractivity contribution is 6.31. The monoisotopic (exact) mass is 536 g/mol. The normalized spacial score (nSPS) is 11.2. The molecule has 0 radical (unpaired) electrons. The summed E-state index contributed by atoms with van der Waals surface area (Å²) in [6.45, 7) is 0.761. The van der Waals surface area contributed by atoms with Gasteiger partial charge in [0.1, 0.15) is 12.3 Å². The molecule has 0 aliphatic rings. The summed E-state index contributed by atoms with van der Waals surface area (Å²) in [5.41, 5.74) is 5.79. The third kappa shape index (κ3) is 4.76. The van der Waals surface area contributed by atoms with Crippen molar-refractivity contribution in [1.82, 2.24) is 9.55 Å². The molecule has 0 N–H and O–H groups in total. The summed E-state index contributed by atoms with van der Waals surface area (Å²) < 4.78 is 7.92. The van der Waals surface area contributed by atoms with Gasteiger partial charge in [-0.25, -0.2) is 9.78 Å². The maximum Gasteiger partial charge on any atom is 0.357 e. The summed E-state index contributed by atoms with van der Waals surface area (Å²) in [5, 5.41) is 3.20. The Balaban J connectivity index is 1.52. The lowest BCUT2D eigenvalue weighted by Crippen LogP contribution is -2.09. The van der Waals surface area contributed by atoms with Gasteiger partial charge in [-0.15, -0.1) is 0 Å². The van der Waals surface area contributed by atoms with Gasteiger partial charge in [-0.2, -0.15) is 0 Å². The highest BCUT2D eigenvalue weighted by Crippen LogP contribution is 2.36. The Kier molecular flexibility index (Phi) is 6.59. The summed E-state index contributed by atoms with van der Waals surface area (Å²) in [6.07, 6.45) is 0. The molecule has 2 aromatic heterocycles. The molecule has 0 amide bonds. The topological polar surface area (TPSA) is 44.1 Å². The number of para-hydroxylation sites is 1. The van der Waals surface area contributed by atoms with Crippen LogP contribution in [0.25, 0.3) is 33.1 Å². The number of benzene rings is 4. The number of esters is 1. The molecule has 6 aromatic rings. The predicted octanol–water partition coefficient (Wildman–Crippen LogP) is 8.57. The van der Waals surface area contributed by atoms with E-state index in [1.165, 1.54) is 5.56 Å². The molecule has 38 heavy (non-hydrogen) atoms. The molecule has 2 heterocycles. The standard InChI is InChI=1S/C32H22Cl2N2O2/c33-24-15-13-23(14-16-24)30-31-27(18-28(35-30)32(37)38-20-22-9-6-10-25(34)17-22)26-11-4-5-12-29(26)36(31)19-21-7-2-1-3-8-21/h1-18H,19-20H2. The first-order valence-corrected chi connectivity index (χ1v) is 13.0. The number of carbonyl (C=O) groups is 1. The first-order chi connectivity index (χ1) is 18.6. The molecule has 0 spiro atoms. The molecule has 0 bridgehead atoms. The smallest absolute Gasteiger partial charge is 0.357 e. The maximum atomic E-state index is 13.3. The second-order valence-electron chi connectivity index (χ2n) is 9.05. The minimum atomic E-state index is -0.498. The molecule has 186 valence electrons. The van der Waals surface area contributed by atoms with Gasteiger partial charge in [-0.05, 0) is 47.5 Å². The first-order valence-electron chi connectivity index (χ1n) is 12.2. The zero-order chi connectivity index (χ0) is 26.1. The highest BCUT2D eigenvalue weighted by Gasteiger charge is 2.21. The molecule has 0 atom stereocenters. The Hall–Kier alpha value is -4.12. The molecule has 0 aliphatic carbocycles. The van der Waals surface area contributed by atoms with E-state index in [9.17, 15) is 4.79 Å². The number of aromatic nitrogens is 2. The van der Waals surface area contributed by atoms with Crippen LogP contribution in [0.3, 0.4) is 0 Å². The lowest BCUT2D eigenvalue weighted by molar-refractivity contribution is 0.0466. The lowest BCUT2D eigenvalue weighted by atomic mass is 10.1. The number of fused-ring (bicyclic) bond motifs is 3. The molecule has 4 aromatic carbocycles. The van der Waals surface area contributed by atoms with Gasteiger partial charge in [-0.1, -0.05) is 96.0 Å². The molecule has 6 heteroatoms. The van der Waals surface area contributed by atoms with E-state index in [2.05, 4.69) is 28.8 Å². The molecule has 4 nitrogen and oxygen atoms in total. The summed E-state index contributed by atoms with van der Waals surface area (Å²) in [4.78, 5) is 18.1. The number of ether oxygens (including phenoxy) is 1. The van der Waals surface area contributed by atoms with Gasteiger partial charge < -0.3 is 9.30 Å². The fourth-order valence-corrected chi connectivity index (χ4v) is 5.11. The van der Waals surface area contributed by atoms with E-state index >= 15 is 0 Å². The van der Waals surface area contributed by atoms with Crippen molar-refractivity contribution in [2.24, 2.45) is 0 Å². The molecular weight excluding hydrogens is 515 g/mol. The van der Waals surface area contributed by atoms with Crippen molar-refractivity contribution >= 4 is 51.0 Å². The third-order valence-electron chi connectivity index (χ3n) is 6.52. The lowest BCUT2D eigenvalue weighted by Gasteiger charge is -2.13. The minimum absolute atomic E-state index is 0.102. The van der Waals surface area contributed by atoms with Crippen molar-refractivity contribution < 1.29 is 9.53 Å². The molecule has 0 saturated carbocycles. The van der Waals surface area contributed by atoms with E-state index in [1.807, 2.05) is 72.8 Å². The van der Waals surface area contributed by atoms with Gasteiger partial charge in [0.05, 0.1) is 11.2 Å². The van der Waals surface area contributed by atoms with Crippen LogP contribution in [-0.4, -0.2) is 15.5 Å². The van der Waals surface area contributed by atoms with Crippen molar-refractivity contribution in [2.45, 2.75) is 13.2 Å². The van der Waals surface area contributed by atoms with Crippen LogP contribution in [-0.2, 0) is 17.9 Å². The Labute approximate surface area is 230 Å². The summed E-state index contributed by atoms with van der Waals surface area (Å²) >= 11 is 12.3. The number of pyridine rings is 1. The zero-order valence-electron chi connectivity index (χ0n) is 20.3. The van der Waals surface area contributed by atoms with Crippen molar-refractivity contribution in [2.75, 3.05) is 0 Å². The van der Waals surface area contributed by atoms with E-state index < -0.39 is 5.97 Å². The largest absolute Gasteiger partial charge is 0.456 e. The van der Waals surface area contributed by atoms with Crippen LogP contribution in [0.2, 0.25) is 10.0 Å².